The average molecular weight is 369 g/mol. The highest BCUT2D eigenvalue weighted by Gasteiger charge is 2.25. The second-order valence-corrected chi connectivity index (χ2v) is 6.65. The number of carbonyl (C=O) groups is 2. The van der Waals surface area contributed by atoms with Crippen molar-refractivity contribution >= 4 is 27.7 Å². The van der Waals surface area contributed by atoms with Gasteiger partial charge in [-0.1, -0.05) is 35.0 Å². The summed E-state index contributed by atoms with van der Waals surface area (Å²) in [6.45, 7) is 8.02. The highest BCUT2D eigenvalue weighted by Crippen LogP contribution is 2.15. The molecule has 122 valence electrons. The quantitative estimate of drug-likeness (QED) is 0.800. The molecule has 0 radical (unpaired) electrons. The van der Waals surface area contributed by atoms with E-state index in [9.17, 15) is 9.59 Å². The van der Waals surface area contributed by atoms with Crippen LogP contribution in [0.4, 0.5) is 0 Å². The van der Waals surface area contributed by atoms with Gasteiger partial charge in [0.2, 0.25) is 11.8 Å². The normalized spacial score (nSPS) is 12.1. The minimum Gasteiger partial charge on any atom is -0.352 e. The first-order chi connectivity index (χ1) is 10.3. The SMILES string of the molecule is CCCC(=O)N(Cc1ccc(Br)cc1)[C@@H](C)C(=O)NC(C)C. The smallest absolute Gasteiger partial charge is 0.242 e. The zero-order chi connectivity index (χ0) is 16.7. The van der Waals surface area contributed by atoms with E-state index in [0.29, 0.717) is 13.0 Å². The van der Waals surface area contributed by atoms with Crippen LogP contribution in [0.25, 0.3) is 0 Å². The van der Waals surface area contributed by atoms with Gasteiger partial charge in [-0.25, -0.2) is 0 Å². The van der Waals surface area contributed by atoms with E-state index in [1.165, 1.54) is 0 Å². The lowest BCUT2D eigenvalue weighted by Crippen LogP contribution is -2.49. The van der Waals surface area contributed by atoms with Crippen molar-refractivity contribution in [2.24, 2.45) is 0 Å². The Kier molecular flexibility index (Phi) is 7.59. The predicted molar refractivity (Wildman–Crippen MR) is 92.3 cm³/mol. The van der Waals surface area contributed by atoms with Crippen LogP contribution in [0.1, 0.15) is 46.1 Å². The zero-order valence-corrected chi connectivity index (χ0v) is 15.3. The molecule has 1 N–H and O–H groups in total. The molecular weight excluding hydrogens is 344 g/mol. The van der Waals surface area contributed by atoms with Gasteiger partial charge in [-0.2, -0.15) is 0 Å². The molecule has 0 unspecified atom stereocenters. The fraction of sp³-hybridized carbons (Fsp3) is 0.529. The lowest BCUT2D eigenvalue weighted by Gasteiger charge is -2.29. The second-order valence-electron chi connectivity index (χ2n) is 5.74. The summed E-state index contributed by atoms with van der Waals surface area (Å²) < 4.78 is 0.994. The summed E-state index contributed by atoms with van der Waals surface area (Å²) in [5.41, 5.74) is 1.01. The third kappa shape index (κ3) is 5.79. The van der Waals surface area contributed by atoms with Crippen LogP contribution in [0.15, 0.2) is 28.7 Å². The van der Waals surface area contributed by atoms with Crippen LogP contribution < -0.4 is 5.32 Å². The Morgan fingerprint density at radius 2 is 1.77 bits per heavy atom. The number of nitrogens with zero attached hydrogens (tertiary/aromatic N) is 1. The summed E-state index contributed by atoms with van der Waals surface area (Å²) in [6, 6.07) is 7.39. The van der Waals surface area contributed by atoms with Crippen molar-refractivity contribution < 1.29 is 9.59 Å². The predicted octanol–water partition coefficient (Wildman–Crippen LogP) is 3.49. The Labute approximate surface area is 141 Å². The van der Waals surface area contributed by atoms with E-state index in [4.69, 9.17) is 0 Å². The van der Waals surface area contributed by atoms with E-state index in [2.05, 4.69) is 21.2 Å². The molecule has 0 aliphatic carbocycles. The molecule has 2 amide bonds. The molecule has 0 aliphatic rings. The van der Waals surface area contributed by atoms with Crippen LogP contribution in [0.2, 0.25) is 0 Å². The molecule has 0 bridgehead atoms. The Bertz CT molecular complexity index is 500. The van der Waals surface area contributed by atoms with Crippen LogP contribution in [0, 0.1) is 0 Å². The second kappa shape index (κ2) is 8.93. The molecule has 1 aromatic carbocycles. The fourth-order valence-electron chi connectivity index (χ4n) is 2.13. The standard InChI is InChI=1S/C17H25BrN2O2/c1-5-6-16(21)20(13(4)17(22)19-12(2)3)11-14-7-9-15(18)10-8-14/h7-10,12-13H,5-6,11H2,1-4H3,(H,19,22)/t13-/m0/s1. The number of carbonyl (C=O) groups excluding carboxylic acids is 2. The molecule has 1 aromatic rings. The summed E-state index contributed by atoms with van der Waals surface area (Å²) in [7, 11) is 0. The zero-order valence-electron chi connectivity index (χ0n) is 13.7. The minimum atomic E-state index is -0.481. The van der Waals surface area contributed by atoms with Crippen LogP contribution in [0.3, 0.4) is 0 Å². The first-order valence-corrected chi connectivity index (χ1v) is 8.48. The van der Waals surface area contributed by atoms with Gasteiger partial charge in [-0.15, -0.1) is 0 Å². The third-order valence-corrected chi connectivity index (χ3v) is 3.86. The Hall–Kier alpha value is -1.36. The molecular formula is C17H25BrN2O2. The monoisotopic (exact) mass is 368 g/mol. The van der Waals surface area contributed by atoms with Crippen molar-refractivity contribution in [2.75, 3.05) is 0 Å². The molecule has 0 saturated heterocycles. The topological polar surface area (TPSA) is 49.4 Å². The summed E-state index contributed by atoms with van der Waals surface area (Å²) in [5.74, 6) is -0.103. The third-order valence-electron chi connectivity index (χ3n) is 3.33. The van der Waals surface area contributed by atoms with Crippen LogP contribution >= 0.6 is 15.9 Å². The Morgan fingerprint density at radius 1 is 1.18 bits per heavy atom. The number of hydrogen-bond acceptors (Lipinski definition) is 2. The molecule has 0 aromatic heterocycles. The minimum absolute atomic E-state index is 0.0109. The first-order valence-electron chi connectivity index (χ1n) is 7.69. The van der Waals surface area contributed by atoms with E-state index in [1.54, 1.807) is 11.8 Å². The van der Waals surface area contributed by atoms with Gasteiger partial charge >= 0.3 is 0 Å². The highest BCUT2D eigenvalue weighted by atomic mass is 79.9. The van der Waals surface area contributed by atoms with Crippen molar-refractivity contribution in [1.82, 2.24) is 10.2 Å². The van der Waals surface area contributed by atoms with E-state index in [0.717, 1.165) is 16.5 Å². The number of rotatable bonds is 7. The van der Waals surface area contributed by atoms with Gasteiger partial charge in [0.1, 0.15) is 6.04 Å². The average Bonchev–Trinajstić information content (AvgIpc) is 2.45. The largest absolute Gasteiger partial charge is 0.352 e. The van der Waals surface area contributed by atoms with Crippen molar-refractivity contribution in [1.29, 1.82) is 0 Å². The molecule has 4 nitrogen and oxygen atoms in total. The summed E-state index contributed by atoms with van der Waals surface area (Å²) in [5, 5.41) is 2.87. The molecule has 1 rings (SSSR count). The van der Waals surface area contributed by atoms with E-state index in [1.807, 2.05) is 45.0 Å². The fourth-order valence-corrected chi connectivity index (χ4v) is 2.40. The number of amides is 2. The van der Waals surface area contributed by atoms with Gasteiger partial charge < -0.3 is 10.2 Å². The van der Waals surface area contributed by atoms with Crippen molar-refractivity contribution in [3.05, 3.63) is 34.3 Å². The molecule has 0 spiro atoms. The number of halogens is 1. The van der Waals surface area contributed by atoms with Gasteiger partial charge in [-0.3, -0.25) is 9.59 Å². The molecule has 0 aliphatic heterocycles. The highest BCUT2D eigenvalue weighted by molar-refractivity contribution is 9.10. The van der Waals surface area contributed by atoms with Crippen LogP contribution in [-0.2, 0) is 16.1 Å². The maximum Gasteiger partial charge on any atom is 0.242 e. The summed E-state index contributed by atoms with van der Waals surface area (Å²) >= 11 is 3.40. The first kappa shape index (κ1) is 18.7. The van der Waals surface area contributed by atoms with E-state index in [-0.39, 0.29) is 17.9 Å². The van der Waals surface area contributed by atoms with Crippen molar-refractivity contribution in [3.8, 4) is 0 Å². The maximum absolute atomic E-state index is 12.4. The van der Waals surface area contributed by atoms with Gasteiger partial charge in [-0.05, 0) is 44.9 Å². The maximum atomic E-state index is 12.4. The molecule has 0 heterocycles. The molecule has 1 atom stereocenters. The lowest BCUT2D eigenvalue weighted by atomic mass is 10.1. The van der Waals surface area contributed by atoms with E-state index >= 15 is 0 Å². The number of nitrogens with one attached hydrogen (secondary N) is 1. The molecule has 22 heavy (non-hydrogen) atoms. The summed E-state index contributed by atoms with van der Waals surface area (Å²) in [4.78, 5) is 26.3. The van der Waals surface area contributed by atoms with Crippen LogP contribution in [-0.4, -0.2) is 28.8 Å². The Balaban J connectivity index is 2.89. The summed E-state index contributed by atoms with van der Waals surface area (Å²) in [6.07, 6.45) is 1.23. The lowest BCUT2D eigenvalue weighted by molar-refractivity contribution is -0.140. The number of hydrogen-bond donors (Lipinski definition) is 1. The van der Waals surface area contributed by atoms with Gasteiger partial charge in [0.15, 0.2) is 0 Å². The van der Waals surface area contributed by atoms with Crippen molar-refractivity contribution in [3.63, 3.8) is 0 Å². The molecule has 5 heteroatoms. The van der Waals surface area contributed by atoms with Gasteiger partial charge in [0.25, 0.3) is 0 Å². The van der Waals surface area contributed by atoms with E-state index < -0.39 is 6.04 Å². The van der Waals surface area contributed by atoms with Crippen molar-refractivity contribution in [2.45, 2.75) is 59.2 Å². The van der Waals surface area contributed by atoms with Gasteiger partial charge in [0, 0.05) is 23.5 Å². The Morgan fingerprint density at radius 3 is 2.27 bits per heavy atom. The van der Waals surface area contributed by atoms with Crippen LogP contribution in [0.5, 0.6) is 0 Å². The molecule has 0 fully saturated rings. The number of benzene rings is 1. The van der Waals surface area contributed by atoms with Gasteiger partial charge in [0.05, 0.1) is 0 Å². The molecule has 0 saturated carbocycles.